The van der Waals surface area contributed by atoms with Gasteiger partial charge in [-0.25, -0.2) is 0 Å². The third kappa shape index (κ3) is 3.93. The van der Waals surface area contributed by atoms with Crippen LogP contribution in [0.1, 0.15) is 0 Å². The number of anilines is 1. The number of nitro benzene ring substituents is 1. The molecule has 1 aromatic carbocycles. The number of halogens is 1. The number of non-ortho nitro benzene ring substituents is 1. The van der Waals surface area contributed by atoms with Crippen LogP contribution in [0.15, 0.2) is 18.2 Å². The molecule has 0 heterocycles. The highest BCUT2D eigenvalue weighted by atomic mass is 35.5. The van der Waals surface area contributed by atoms with Crippen LogP contribution in [0.2, 0.25) is 5.02 Å². The van der Waals surface area contributed by atoms with Crippen LogP contribution in [0.25, 0.3) is 0 Å². The number of nitro groups is 1. The van der Waals surface area contributed by atoms with E-state index < -0.39 is 16.7 Å². The lowest BCUT2D eigenvalue weighted by molar-refractivity contribution is -0.384. The van der Waals surface area contributed by atoms with Crippen LogP contribution in [0, 0.1) is 21.4 Å². The molecule has 1 rings (SSSR count). The Morgan fingerprint density at radius 1 is 1.42 bits per heavy atom. The molecule has 1 aromatic rings. The highest BCUT2D eigenvalue weighted by Crippen LogP contribution is 2.26. The first kappa shape index (κ1) is 14.4. The minimum Gasteiger partial charge on any atom is -0.335 e. The first-order valence-electron chi connectivity index (χ1n) is 4.85. The molecule has 0 spiro atoms. The summed E-state index contributed by atoms with van der Waals surface area (Å²) >= 11 is 5.72. The van der Waals surface area contributed by atoms with Gasteiger partial charge in [-0.3, -0.25) is 19.7 Å². The molecule has 8 nitrogen and oxygen atoms in total. The Morgan fingerprint density at radius 2 is 2.11 bits per heavy atom. The highest BCUT2D eigenvalue weighted by Gasteiger charge is 2.16. The SMILES string of the molecule is N#CCNC(=O)C(=O)Nc1ccc([N+](=O)[O-])cc1Cl. The predicted octanol–water partition coefficient (Wildman–Crippen LogP) is 0.826. The molecule has 0 aliphatic heterocycles. The minimum absolute atomic E-state index is 0.0596. The van der Waals surface area contributed by atoms with Crippen LogP contribution in [-0.2, 0) is 9.59 Å². The summed E-state index contributed by atoms with van der Waals surface area (Å²) in [6, 6.07) is 5.02. The Kier molecular flexibility index (Phi) is 4.79. The molecule has 19 heavy (non-hydrogen) atoms. The van der Waals surface area contributed by atoms with E-state index in [4.69, 9.17) is 16.9 Å². The summed E-state index contributed by atoms with van der Waals surface area (Å²) in [7, 11) is 0. The quantitative estimate of drug-likeness (QED) is 0.367. The molecule has 0 atom stereocenters. The van der Waals surface area contributed by atoms with Gasteiger partial charge in [-0.2, -0.15) is 5.26 Å². The van der Waals surface area contributed by atoms with Crippen molar-refractivity contribution in [3.05, 3.63) is 33.3 Å². The molecule has 9 heteroatoms. The first-order chi connectivity index (χ1) is 8.95. The van der Waals surface area contributed by atoms with Gasteiger partial charge < -0.3 is 10.6 Å². The van der Waals surface area contributed by atoms with E-state index in [0.717, 1.165) is 12.1 Å². The van der Waals surface area contributed by atoms with Crippen LogP contribution in [0.3, 0.4) is 0 Å². The molecule has 2 N–H and O–H groups in total. The number of nitriles is 1. The monoisotopic (exact) mass is 282 g/mol. The van der Waals surface area contributed by atoms with Crippen molar-refractivity contribution in [1.82, 2.24) is 5.32 Å². The second-order valence-electron chi connectivity index (χ2n) is 3.22. The van der Waals surface area contributed by atoms with Crippen molar-refractivity contribution >= 4 is 34.8 Å². The summed E-state index contributed by atoms with van der Waals surface area (Å²) in [6.45, 7) is -0.305. The molecule has 0 aliphatic rings. The van der Waals surface area contributed by atoms with Crippen molar-refractivity contribution in [1.29, 1.82) is 5.26 Å². The smallest absolute Gasteiger partial charge is 0.313 e. The normalized spacial score (nSPS) is 9.26. The van der Waals surface area contributed by atoms with E-state index in [-0.39, 0.29) is 22.9 Å². The van der Waals surface area contributed by atoms with Gasteiger partial charge in [-0.1, -0.05) is 11.6 Å². The number of nitrogens with one attached hydrogen (secondary N) is 2. The van der Waals surface area contributed by atoms with Crippen LogP contribution in [-0.4, -0.2) is 23.3 Å². The van der Waals surface area contributed by atoms with Gasteiger partial charge >= 0.3 is 11.8 Å². The second-order valence-corrected chi connectivity index (χ2v) is 3.62. The van der Waals surface area contributed by atoms with Gasteiger partial charge in [0.05, 0.1) is 21.7 Å². The summed E-state index contributed by atoms with van der Waals surface area (Å²) in [5, 5.41) is 22.8. The lowest BCUT2D eigenvalue weighted by Crippen LogP contribution is -2.35. The van der Waals surface area contributed by atoms with Crippen LogP contribution in [0.4, 0.5) is 11.4 Å². The van der Waals surface area contributed by atoms with Gasteiger partial charge in [-0.15, -0.1) is 0 Å². The van der Waals surface area contributed by atoms with E-state index >= 15 is 0 Å². The molecule has 2 amide bonds. The number of hydrogen-bond acceptors (Lipinski definition) is 5. The van der Waals surface area contributed by atoms with Gasteiger partial charge in [0.2, 0.25) is 0 Å². The fraction of sp³-hybridized carbons (Fsp3) is 0.100. The number of rotatable bonds is 3. The molecule has 0 radical (unpaired) electrons. The molecule has 0 bridgehead atoms. The van der Waals surface area contributed by atoms with Gasteiger partial charge in [0.15, 0.2) is 0 Å². The molecule has 0 unspecified atom stereocenters. The average Bonchev–Trinajstić information content (AvgIpc) is 2.37. The zero-order valence-corrected chi connectivity index (χ0v) is 10.1. The molecular weight excluding hydrogens is 276 g/mol. The Morgan fingerprint density at radius 3 is 2.63 bits per heavy atom. The third-order valence-corrected chi connectivity index (χ3v) is 2.26. The fourth-order valence-electron chi connectivity index (χ4n) is 1.10. The molecule has 0 aromatic heterocycles. The van der Waals surface area contributed by atoms with E-state index in [1.807, 2.05) is 5.32 Å². The minimum atomic E-state index is -1.02. The number of carbonyl (C=O) groups excluding carboxylic acids is 2. The zero-order valence-electron chi connectivity index (χ0n) is 9.34. The van der Waals surface area contributed by atoms with E-state index in [1.165, 1.54) is 6.07 Å². The van der Waals surface area contributed by atoms with Crippen molar-refractivity contribution in [2.45, 2.75) is 0 Å². The first-order valence-corrected chi connectivity index (χ1v) is 5.23. The lowest BCUT2D eigenvalue weighted by Gasteiger charge is -2.06. The van der Waals surface area contributed by atoms with Gasteiger partial charge in [-0.05, 0) is 6.07 Å². The fourth-order valence-corrected chi connectivity index (χ4v) is 1.32. The Hall–Kier alpha value is -2.66. The number of benzene rings is 1. The maximum absolute atomic E-state index is 11.4. The summed E-state index contributed by atoms with van der Waals surface area (Å²) in [6.07, 6.45) is 0. The maximum Gasteiger partial charge on any atom is 0.313 e. The van der Waals surface area contributed by atoms with Crippen LogP contribution in [0.5, 0.6) is 0 Å². The topological polar surface area (TPSA) is 125 Å². The summed E-state index contributed by atoms with van der Waals surface area (Å²) < 4.78 is 0. The largest absolute Gasteiger partial charge is 0.335 e. The predicted molar refractivity (Wildman–Crippen MR) is 65.4 cm³/mol. The molecular formula is C10H7ClN4O4. The van der Waals surface area contributed by atoms with Gasteiger partial charge in [0.25, 0.3) is 5.69 Å². The van der Waals surface area contributed by atoms with E-state index in [0.29, 0.717) is 0 Å². The number of amides is 2. The van der Waals surface area contributed by atoms with Crippen LogP contribution >= 0.6 is 11.6 Å². The summed E-state index contributed by atoms with van der Waals surface area (Å²) in [5.41, 5.74) is -0.179. The van der Waals surface area contributed by atoms with Crippen LogP contribution < -0.4 is 10.6 Å². The van der Waals surface area contributed by atoms with Gasteiger partial charge in [0.1, 0.15) is 6.54 Å². The summed E-state index contributed by atoms with van der Waals surface area (Å²) in [5.74, 6) is -2.03. The van der Waals surface area contributed by atoms with Crippen molar-refractivity contribution in [3.8, 4) is 6.07 Å². The number of carbonyl (C=O) groups is 2. The Balaban J connectivity index is 2.78. The van der Waals surface area contributed by atoms with E-state index in [1.54, 1.807) is 6.07 Å². The number of hydrogen-bond donors (Lipinski definition) is 2. The third-order valence-electron chi connectivity index (χ3n) is 1.95. The van der Waals surface area contributed by atoms with Crippen molar-refractivity contribution in [2.75, 3.05) is 11.9 Å². The van der Waals surface area contributed by atoms with Crippen molar-refractivity contribution in [2.24, 2.45) is 0 Å². The standard InChI is InChI=1S/C10H7ClN4O4/c11-7-5-6(15(18)19)1-2-8(7)14-10(17)9(16)13-4-3-12/h1-2,5H,4H2,(H,13,16)(H,14,17). The molecule has 0 fully saturated rings. The Bertz CT molecular complexity index is 581. The zero-order chi connectivity index (χ0) is 14.4. The highest BCUT2D eigenvalue weighted by molar-refractivity contribution is 6.41. The second kappa shape index (κ2) is 6.32. The summed E-state index contributed by atoms with van der Waals surface area (Å²) in [4.78, 5) is 32.4. The molecule has 0 saturated carbocycles. The van der Waals surface area contributed by atoms with E-state index in [2.05, 4.69) is 5.32 Å². The van der Waals surface area contributed by atoms with Crippen molar-refractivity contribution < 1.29 is 14.5 Å². The van der Waals surface area contributed by atoms with Crippen molar-refractivity contribution in [3.63, 3.8) is 0 Å². The van der Waals surface area contributed by atoms with E-state index in [9.17, 15) is 19.7 Å². The Labute approximate surface area is 112 Å². The number of nitrogens with zero attached hydrogens (tertiary/aromatic N) is 2. The molecule has 0 aliphatic carbocycles. The maximum atomic E-state index is 11.4. The molecule has 0 saturated heterocycles. The van der Waals surface area contributed by atoms with Gasteiger partial charge in [0, 0.05) is 12.1 Å². The lowest BCUT2D eigenvalue weighted by atomic mass is 10.3. The average molecular weight is 283 g/mol. The molecule has 98 valence electrons.